The van der Waals surface area contributed by atoms with Crippen molar-refractivity contribution in [1.82, 2.24) is 5.32 Å². The molecule has 122 valence electrons. The van der Waals surface area contributed by atoms with Crippen LogP contribution in [0.2, 0.25) is 0 Å². The first kappa shape index (κ1) is 17.8. The van der Waals surface area contributed by atoms with Gasteiger partial charge in [-0.3, -0.25) is 4.79 Å². The molecular formula is C16H23NO5. The van der Waals surface area contributed by atoms with Gasteiger partial charge in [-0.15, -0.1) is 0 Å². The highest BCUT2D eigenvalue weighted by molar-refractivity contribution is 5.94. The summed E-state index contributed by atoms with van der Waals surface area (Å²) in [5.41, 5.74) is 0.214. The normalized spacial score (nSPS) is 11.7. The van der Waals surface area contributed by atoms with E-state index in [0.29, 0.717) is 11.7 Å². The molecule has 0 spiro atoms. The fourth-order valence-corrected chi connectivity index (χ4v) is 1.72. The summed E-state index contributed by atoms with van der Waals surface area (Å²) in [7, 11) is 2.92. The predicted molar refractivity (Wildman–Crippen MR) is 82.3 cm³/mol. The Morgan fingerprint density at radius 1 is 1.14 bits per heavy atom. The van der Waals surface area contributed by atoms with Gasteiger partial charge in [0.15, 0.2) is 18.1 Å². The first-order valence-corrected chi connectivity index (χ1v) is 7.08. The van der Waals surface area contributed by atoms with Crippen molar-refractivity contribution >= 4 is 11.9 Å². The van der Waals surface area contributed by atoms with Crippen molar-refractivity contribution in [2.45, 2.75) is 26.8 Å². The Hall–Kier alpha value is -2.24. The lowest BCUT2D eigenvalue weighted by molar-refractivity contribution is -0.125. The van der Waals surface area contributed by atoms with Crippen molar-refractivity contribution in [3.05, 3.63) is 23.8 Å². The molecule has 6 nitrogen and oxygen atoms in total. The predicted octanol–water partition coefficient (Wildman–Crippen LogP) is 2.02. The van der Waals surface area contributed by atoms with Crippen LogP contribution in [0.15, 0.2) is 18.2 Å². The SMILES string of the molecule is COc1cccc(C(=O)OCC(=O)N[C@@H](C)C(C)C)c1OC. The quantitative estimate of drug-likeness (QED) is 0.780. The second-order valence-electron chi connectivity index (χ2n) is 5.22. The third-order valence-corrected chi connectivity index (χ3v) is 3.35. The summed E-state index contributed by atoms with van der Waals surface area (Å²) in [4.78, 5) is 23.8. The summed E-state index contributed by atoms with van der Waals surface area (Å²) in [5.74, 6) is 0.0402. The van der Waals surface area contributed by atoms with Crippen LogP contribution in [0.25, 0.3) is 0 Å². The Bertz CT molecular complexity index is 527. The number of rotatable bonds is 7. The molecular weight excluding hydrogens is 286 g/mol. The van der Waals surface area contributed by atoms with Gasteiger partial charge < -0.3 is 19.5 Å². The number of carbonyl (C=O) groups excluding carboxylic acids is 2. The molecule has 0 aliphatic rings. The molecule has 0 aliphatic heterocycles. The average Bonchev–Trinajstić information content (AvgIpc) is 2.51. The van der Waals surface area contributed by atoms with Gasteiger partial charge >= 0.3 is 5.97 Å². The molecule has 0 saturated carbocycles. The Kier molecular flexibility index (Phi) is 6.69. The van der Waals surface area contributed by atoms with Gasteiger partial charge in [0.1, 0.15) is 5.56 Å². The van der Waals surface area contributed by atoms with Gasteiger partial charge in [0, 0.05) is 6.04 Å². The lowest BCUT2D eigenvalue weighted by atomic mass is 10.1. The Balaban J connectivity index is 2.68. The number of amides is 1. The first-order chi connectivity index (χ1) is 10.4. The molecule has 0 saturated heterocycles. The van der Waals surface area contributed by atoms with E-state index in [4.69, 9.17) is 14.2 Å². The van der Waals surface area contributed by atoms with E-state index in [0.717, 1.165) is 0 Å². The van der Waals surface area contributed by atoms with Gasteiger partial charge in [0.05, 0.1) is 14.2 Å². The smallest absolute Gasteiger partial charge is 0.342 e. The Morgan fingerprint density at radius 3 is 2.36 bits per heavy atom. The van der Waals surface area contributed by atoms with Crippen LogP contribution >= 0.6 is 0 Å². The molecule has 0 aromatic heterocycles. The zero-order chi connectivity index (χ0) is 16.7. The van der Waals surface area contributed by atoms with Crippen molar-refractivity contribution < 1.29 is 23.8 Å². The molecule has 22 heavy (non-hydrogen) atoms. The fourth-order valence-electron chi connectivity index (χ4n) is 1.72. The summed E-state index contributed by atoms with van der Waals surface area (Å²) < 4.78 is 15.3. The van der Waals surface area contributed by atoms with Gasteiger partial charge in [0.2, 0.25) is 0 Å². The molecule has 0 radical (unpaired) electrons. The third-order valence-electron chi connectivity index (χ3n) is 3.35. The summed E-state index contributed by atoms with van der Waals surface area (Å²) in [6.07, 6.45) is 0. The number of carbonyl (C=O) groups is 2. The minimum atomic E-state index is -0.636. The molecule has 1 atom stereocenters. The molecule has 6 heteroatoms. The maximum atomic E-state index is 12.1. The highest BCUT2D eigenvalue weighted by Crippen LogP contribution is 2.30. The monoisotopic (exact) mass is 309 g/mol. The largest absolute Gasteiger partial charge is 0.493 e. The number of para-hydroxylation sites is 1. The number of nitrogens with one attached hydrogen (secondary N) is 1. The molecule has 0 bridgehead atoms. The topological polar surface area (TPSA) is 73.9 Å². The number of esters is 1. The molecule has 1 N–H and O–H groups in total. The Morgan fingerprint density at radius 2 is 1.82 bits per heavy atom. The van der Waals surface area contributed by atoms with E-state index in [9.17, 15) is 9.59 Å². The van der Waals surface area contributed by atoms with Crippen LogP contribution < -0.4 is 14.8 Å². The zero-order valence-electron chi connectivity index (χ0n) is 13.6. The molecule has 1 amide bonds. The van der Waals surface area contributed by atoms with Crippen LogP contribution in [-0.4, -0.2) is 38.7 Å². The molecule has 0 unspecified atom stereocenters. The summed E-state index contributed by atoms with van der Waals surface area (Å²) in [5, 5.41) is 2.77. The maximum absolute atomic E-state index is 12.1. The van der Waals surface area contributed by atoms with Crippen molar-refractivity contribution in [2.75, 3.05) is 20.8 Å². The number of hydrogen-bond donors (Lipinski definition) is 1. The van der Waals surface area contributed by atoms with Gasteiger partial charge in [-0.1, -0.05) is 19.9 Å². The van der Waals surface area contributed by atoms with E-state index in [1.807, 2.05) is 20.8 Å². The molecule has 0 heterocycles. The van der Waals surface area contributed by atoms with Crippen molar-refractivity contribution in [3.63, 3.8) is 0 Å². The fraction of sp³-hybridized carbons (Fsp3) is 0.500. The van der Waals surface area contributed by atoms with E-state index in [1.165, 1.54) is 14.2 Å². The van der Waals surface area contributed by atoms with Crippen LogP contribution in [0.1, 0.15) is 31.1 Å². The van der Waals surface area contributed by atoms with Gasteiger partial charge in [0.25, 0.3) is 5.91 Å². The van der Waals surface area contributed by atoms with Crippen LogP contribution in [0.5, 0.6) is 11.5 Å². The van der Waals surface area contributed by atoms with Gasteiger partial charge in [-0.05, 0) is 25.0 Å². The third kappa shape index (κ3) is 4.65. The lowest BCUT2D eigenvalue weighted by Gasteiger charge is -2.17. The van der Waals surface area contributed by atoms with Gasteiger partial charge in [-0.2, -0.15) is 0 Å². The molecule has 1 aromatic rings. The van der Waals surface area contributed by atoms with Crippen LogP contribution in [0, 0.1) is 5.92 Å². The van der Waals surface area contributed by atoms with Gasteiger partial charge in [-0.25, -0.2) is 4.79 Å². The lowest BCUT2D eigenvalue weighted by Crippen LogP contribution is -2.38. The zero-order valence-corrected chi connectivity index (χ0v) is 13.6. The highest BCUT2D eigenvalue weighted by atomic mass is 16.5. The highest BCUT2D eigenvalue weighted by Gasteiger charge is 2.19. The number of methoxy groups -OCH3 is 2. The summed E-state index contributed by atoms with van der Waals surface area (Å²) in [6, 6.07) is 4.89. The standard InChI is InChI=1S/C16H23NO5/c1-10(2)11(3)17-14(18)9-22-16(19)12-7-6-8-13(20-4)15(12)21-5/h6-8,10-11H,9H2,1-5H3,(H,17,18)/t11-/m0/s1. The molecule has 0 aliphatic carbocycles. The number of hydrogen-bond acceptors (Lipinski definition) is 5. The second-order valence-corrected chi connectivity index (χ2v) is 5.22. The van der Waals surface area contributed by atoms with Crippen molar-refractivity contribution in [2.24, 2.45) is 5.92 Å². The van der Waals surface area contributed by atoms with E-state index in [1.54, 1.807) is 18.2 Å². The van der Waals surface area contributed by atoms with Crippen LogP contribution in [0.3, 0.4) is 0 Å². The summed E-state index contributed by atoms with van der Waals surface area (Å²) in [6.45, 7) is 5.56. The van der Waals surface area contributed by atoms with Crippen molar-refractivity contribution in [3.8, 4) is 11.5 Å². The number of benzene rings is 1. The van der Waals surface area contributed by atoms with E-state index < -0.39 is 5.97 Å². The van der Waals surface area contributed by atoms with E-state index in [-0.39, 0.29) is 29.9 Å². The first-order valence-electron chi connectivity index (χ1n) is 7.08. The summed E-state index contributed by atoms with van der Waals surface area (Å²) >= 11 is 0. The minimum absolute atomic E-state index is 0.0116. The number of ether oxygens (including phenoxy) is 3. The van der Waals surface area contributed by atoms with E-state index >= 15 is 0 Å². The molecule has 0 fully saturated rings. The molecule has 1 aromatic carbocycles. The minimum Gasteiger partial charge on any atom is -0.493 e. The van der Waals surface area contributed by atoms with Crippen molar-refractivity contribution in [1.29, 1.82) is 0 Å². The Labute approximate surface area is 130 Å². The molecule has 1 rings (SSSR count). The van der Waals surface area contributed by atoms with E-state index in [2.05, 4.69) is 5.32 Å². The van der Waals surface area contributed by atoms with Crippen LogP contribution in [-0.2, 0) is 9.53 Å². The second kappa shape index (κ2) is 8.26. The maximum Gasteiger partial charge on any atom is 0.342 e. The average molecular weight is 309 g/mol. The van der Waals surface area contributed by atoms with Crippen LogP contribution in [0.4, 0.5) is 0 Å².